The molecule has 1 N–H and O–H groups in total. The lowest BCUT2D eigenvalue weighted by molar-refractivity contribution is -0.122. The summed E-state index contributed by atoms with van der Waals surface area (Å²) in [6.07, 6.45) is 2.54. The summed E-state index contributed by atoms with van der Waals surface area (Å²) in [5.74, 6) is -0.0891. The minimum atomic E-state index is -0.132. The van der Waals surface area contributed by atoms with Gasteiger partial charge in [-0.1, -0.05) is 73.7 Å². The highest BCUT2D eigenvalue weighted by Crippen LogP contribution is 2.54. The average molecular weight is 412 g/mol. The van der Waals surface area contributed by atoms with Crippen LogP contribution in [0.1, 0.15) is 24.5 Å². The Kier molecular flexibility index (Phi) is 4.68. The number of hydrazone groups is 1. The Bertz CT molecular complexity index is 1230. The Morgan fingerprint density at radius 3 is 2.63 bits per heavy atom. The summed E-state index contributed by atoms with van der Waals surface area (Å²) in [6.45, 7) is 2.15. The molecule has 148 valence electrons. The number of nitrogens with one attached hydrogen (secondary N) is 1. The second-order valence-corrected chi connectivity index (χ2v) is 8.75. The van der Waals surface area contributed by atoms with Gasteiger partial charge in [0.2, 0.25) is 5.91 Å². The Hall–Kier alpha value is -3.31. The number of fused-ring (bicyclic) bond motifs is 1. The van der Waals surface area contributed by atoms with Crippen molar-refractivity contribution in [2.75, 3.05) is 0 Å². The van der Waals surface area contributed by atoms with Gasteiger partial charge in [0.15, 0.2) is 0 Å². The number of rotatable bonds is 5. The maximum absolute atomic E-state index is 12.7. The van der Waals surface area contributed by atoms with Crippen molar-refractivity contribution in [2.45, 2.75) is 18.8 Å². The van der Waals surface area contributed by atoms with Gasteiger partial charge in [-0.3, -0.25) is 4.79 Å². The summed E-state index contributed by atoms with van der Waals surface area (Å²) in [5, 5.41) is 4.20. The van der Waals surface area contributed by atoms with Crippen LogP contribution in [-0.2, 0) is 10.2 Å². The first-order valence-electron chi connectivity index (χ1n) is 9.96. The SMILES string of the molecule is CC1(c2ccc(-c3ccccc3)cc2)CC1C(=O)N/N=C/c1cccc2ncsc12. The van der Waals surface area contributed by atoms with Crippen LogP contribution in [0.15, 0.2) is 83.4 Å². The first kappa shape index (κ1) is 18.7. The van der Waals surface area contributed by atoms with Crippen LogP contribution < -0.4 is 5.43 Å². The molecule has 3 aromatic carbocycles. The lowest BCUT2D eigenvalue weighted by atomic mass is 9.93. The molecule has 0 bridgehead atoms. The highest BCUT2D eigenvalue weighted by Gasteiger charge is 2.55. The largest absolute Gasteiger partial charge is 0.273 e. The first-order valence-corrected chi connectivity index (χ1v) is 10.8. The Morgan fingerprint density at radius 1 is 1.07 bits per heavy atom. The molecule has 1 aromatic heterocycles. The van der Waals surface area contributed by atoms with Crippen molar-refractivity contribution in [3.8, 4) is 11.1 Å². The molecule has 4 nitrogen and oxygen atoms in total. The number of thiazole rings is 1. The van der Waals surface area contributed by atoms with Crippen molar-refractivity contribution in [1.82, 2.24) is 10.4 Å². The smallest absolute Gasteiger partial charge is 0.244 e. The normalized spacial score (nSPS) is 20.5. The molecule has 2 atom stereocenters. The molecule has 1 aliphatic carbocycles. The zero-order chi connectivity index (χ0) is 20.6. The summed E-state index contributed by atoms with van der Waals surface area (Å²) >= 11 is 1.57. The van der Waals surface area contributed by atoms with E-state index in [1.54, 1.807) is 17.6 Å². The topological polar surface area (TPSA) is 54.4 Å². The second kappa shape index (κ2) is 7.50. The van der Waals surface area contributed by atoms with E-state index in [1.165, 1.54) is 16.7 Å². The lowest BCUT2D eigenvalue weighted by Gasteiger charge is -2.12. The van der Waals surface area contributed by atoms with E-state index >= 15 is 0 Å². The molecule has 2 unspecified atom stereocenters. The molecular weight excluding hydrogens is 390 g/mol. The van der Waals surface area contributed by atoms with Gasteiger partial charge in [0.1, 0.15) is 0 Å². The Morgan fingerprint density at radius 2 is 1.83 bits per heavy atom. The number of carbonyl (C=O) groups is 1. The fourth-order valence-electron chi connectivity index (χ4n) is 3.99. The summed E-state index contributed by atoms with van der Waals surface area (Å²) in [7, 11) is 0. The predicted molar refractivity (Wildman–Crippen MR) is 123 cm³/mol. The van der Waals surface area contributed by atoms with Crippen LogP contribution in [0.5, 0.6) is 0 Å². The van der Waals surface area contributed by atoms with Gasteiger partial charge in [-0.05, 0) is 29.2 Å². The van der Waals surface area contributed by atoms with Crippen molar-refractivity contribution in [1.29, 1.82) is 0 Å². The van der Waals surface area contributed by atoms with Crippen molar-refractivity contribution in [3.05, 3.63) is 89.4 Å². The van der Waals surface area contributed by atoms with E-state index in [0.29, 0.717) is 0 Å². The second-order valence-electron chi connectivity index (χ2n) is 7.90. The molecule has 0 saturated heterocycles. The van der Waals surface area contributed by atoms with Crippen LogP contribution in [-0.4, -0.2) is 17.1 Å². The summed E-state index contributed by atoms with van der Waals surface area (Å²) in [4.78, 5) is 17.0. The molecule has 4 aromatic rings. The summed E-state index contributed by atoms with van der Waals surface area (Å²) in [5.41, 5.74) is 9.90. The molecule has 0 aliphatic heterocycles. The molecular formula is C25H21N3OS. The fourth-order valence-corrected chi connectivity index (χ4v) is 4.76. The fraction of sp³-hybridized carbons (Fsp3) is 0.160. The van der Waals surface area contributed by atoms with E-state index in [1.807, 2.05) is 41.9 Å². The van der Waals surface area contributed by atoms with E-state index < -0.39 is 0 Å². The number of nitrogens with zero attached hydrogens (tertiary/aromatic N) is 2. The maximum Gasteiger partial charge on any atom is 0.244 e. The zero-order valence-corrected chi connectivity index (χ0v) is 17.4. The van der Waals surface area contributed by atoms with Crippen molar-refractivity contribution in [3.63, 3.8) is 0 Å². The van der Waals surface area contributed by atoms with E-state index in [2.05, 4.69) is 58.8 Å². The van der Waals surface area contributed by atoms with Crippen LogP contribution in [0.4, 0.5) is 0 Å². The van der Waals surface area contributed by atoms with Crippen LogP contribution >= 0.6 is 11.3 Å². The average Bonchev–Trinajstić information content (AvgIpc) is 3.25. The summed E-state index contributed by atoms with van der Waals surface area (Å²) in [6, 6.07) is 24.8. The van der Waals surface area contributed by atoms with Crippen molar-refractivity contribution >= 4 is 33.7 Å². The molecule has 1 aliphatic rings. The Labute approximate surface area is 179 Å². The van der Waals surface area contributed by atoms with Gasteiger partial charge in [0.05, 0.1) is 27.9 Å². The number of hydrogen-bond acceptors (Lipinski definition) is 4. The molecule has 5 heteroatoms. The quantitative estimate of drug-likeness (QED) is 0.353. The monoisotopic (exact) mass is 411 g/mol. The molecule has 0 radical (unpaired) electrons. The maximum atomic E-state index is 12.7. The number of benzene rings is 3. The van der Waals surface area contributed by atoms with Crippen LogP contribution in [0.3, 0.4) is 0 Å². The van der Waals surface area contributed by atoms with Gasteiger partial charge in [-0.15, -0.1) is 11.3 Å². The third-order valence-electron chi connectivity index (χ3n) is 5.97. The Balaban J connectivity index is 1.25. The van der Waals surface area contributed by atoms with E-state index in [9.17, 15) is 4.79 Å². The lowest BCUT2D eigenvalue weighted by Crippen LogP contribution is -2.23. The molecule has 5 rings (SSSR count). The number of hydrogen-bond donors (Lipinski definition) is 1. The molecule has 1 fully saturated rings. The molecule has 1 amide bonds. The zero-order valence-electron chi connectivity index (χ0n) is 16.6. The van der Waals surface area contributed by atoms with Crippen molar-refractivity contribution < 1.29 is 4.79 Å². The molecule has 1 saturated carbocycles. The highest BCUT2D eigenvalue weighted by atomic mass is 32.1. The van der Waals surface area contributed by atoms with E-state index in [4.69, 9.17) is 0 Å². The van der Waals surface area contributed by atoms with E-state index in [-0.39, 0.29) is 17.2 Å². The van der Waals surface area contributed by atoms with Gasteiger partial charge in [0.25, 0.3) is 0 Å². The van der Waals surface area contributed by atoms with Gasteiger partial charge in [0, 0.05) is 11.0 Å². The molecule has 30 heavy (non-hydrogen) atoms. The minimum Gasteiger partial charge on any atom is -0.273 e. The number of aromatic nitrogens is 1. The number of amides is 1. The van der Waals surface area contributed by atoms with Gasteiger partial charge in [-0.25, -0.2) is 10.4 Å². The van der Waals surface area contributed by atoms with E-state index in [0.717, 1.165) is 22.2 Å². The predicted octanol–water partition coefficient (Wildman–Crippen LogP) is 5.39. The van der Waals surface area contributed by atoms with Gasteiger partial charge in [-0.2, -0.15) is 5.10 Å². The molecule has 1 heterocycles. The van der Waals surface area contributed by atoms with Gasteiger partial charge < -0.3 is 0 Å². The first-order chi connectivity index (χ1) is 14.6. The standard InChI is InChI=1S/C25H21N3OS/c1-25(20-12-10-18(11-13-20)17-6-3-2-4-7-17)14-21(25)24(29)28-27-15-19-8-5-9-22-23(19)30-16-26-22/h2-13,15-16,21H,14H2,1H3,(H,28,29)/b27-15+. The van der Waals surface area contributed by atoms with Crippen LogP contribution in [0.2, 0.25) is 0 Å². The highest BCUT2D eigenvalue weighted by molar-refractivity contribution is 7.17. The number of carbonyl (C=O) groups excluding carboxylic acids is 1. The minimum absolute atomic E-state index is 0.0302. The summed E-state index contributed by atoms with van der Waals surface area (Å²) < 4.78 is 1.07. The van der Waals surface area contributed by atoms with Crippen molar-refractivity contribution in [2.24, 2.45) is 11.0 Å². The van der Waals surface area contributed by atoms with Gasteiger partial charge >= 0.3 is 0 Å². The third-order valence-corrected chi connectivity index (χ3v) is 6.86. The van der Waals surface area contributed by atoms with Crippen LogP contribution in [0, 0.1) is 5.92 Å². The molecule has 0 spiro atoms. The third kappa shape index (κ3) is 3.42. The van der Waals surface area contributed by atoms with Crippen LogP contribution in [0.25, 0.3) is 21.3 Å².